The lowest BCUT2D eigenvalue weighted by Crippen LogP contribution is -2.39. The van der Waals surface area contributed by atoms with Crippen molar-refractivity contribution in [3.63, 3.8) is 0 Å². The van der Waals surface area contributed by atoms with Crippen LogP contribution in [0.2, 0.25) is 0 Å². The fourth-order valence-corrected chi connectivity index (χ4v) is 3.07. The van der Waals surface area contributed by atoms with E-state index in [0.717, 1.165) is 6.42 Å². The van der Waals surface area contributed by atoms with Gasteiger partial charge in [-0.15, -0.1) is 11.6 Å². The molecule has 0 bridgehead atoms. The van der Waals surface area contributed by atoms with E-state index in [1.807, 2.05) is 0 Å². The van der Waals surface area contributed by atoms with Gasteiger partial charge in [-0.3, -0.25) is 0 Å². The van der Waals surface area contributed by atoms with Gasteiger partial charge in [-0.25, -0.2) is 4.39 Å². The molecule has 1 aromatic rings. The third kappa shape index (κ3) is 3.83. The number of benzene rings is 1. The first-order valence-electron chi connectivity index (χ1n) is 6.86. The smallest absolute Gasteiger partial charge is 0.131 e. The van der Waals surface area contributed by atoms with Gasteiger partial charge in [0.1, 0.15) is 11.6 Å². The average Bonchev–Trinajstić information content (AvgIpc) is 2.46. The Balaban J connectivity index is 1.94. The highest BCUT2D eigenvalue weighted by Crippen LogP contribution is 2.26. The maximum Gasteiger partial charge on any atom is 0.131 e. The zero-order chi connectivity index (χ0) is 13.7. The molecule has 1 saturated carbocycles. The molecule has 0 saturated heterocycles. The summed E-state index contributed by atoms with van der Waals surface area (Å²) in [5.41, 5.74) is 0.680. The van der Waals surface area contributed by atoms with Gasteiger partial charge in [0.2, 0.25) is 0 Å². The summed E-state index contributed by atoms with van der Waals surface area (Å²) in [4.78, 5) is 0. The summed E-state index contributed by atoms with van der Waals surface area (Å²) in [6.45, 7) is 0.549. The standard InChI is InChI=1S/C15H21ClFNO/c1-19-13-7-6-12(14(17)8-13)10-18-15-5-3-2-4-11(15)9-16/h6-8,11,15,18H,2-5,9-10H2,1H3. The lowest BCUT2D eigenvalue weighted by molar-refractivity contribution is 0.281. The first kappa shape index (κ1) is 14.6. The molecule has 1 aliphatic carbocycles. The van der Waals surface area contributed by atoms with Gasteiger partial charge >= 0.3 is 0 Å². The topological polar surface area (TPSA) is 21.3 Å². The summed E-state index contributed by atoms with van der Waals surface area (Å²) in [6.07, 6.45) is 4.80. The summed E-state index contributed by atoms with van der Waals surface area (Å²) < 4.78 is 18.8. The predicted molar refractivity (Wildman–Crippen MR) is 76.3 cm³/mol. The number of hydrogen-bond acceptors (Lipinski definition) is 2. The molecule has 1 fully saturated rings. The lowest BCUT2D eigenvalue weighted by atomic mass is 9.85. The van der Waals surface area contributed by atoms with Crippen molar-refractivity contribution in [2.24, 2.45) is 5.92 Å². The molecule has 2 nitrogen and oxygen atoms in total. The van der Waals surface area contributed by atoms with Crippen molar-refractivity contribution in [1.29, 1.82) is 0 Å². The molecule has 1 aromatic carbocycles. The maximum atomic E-state index is 13.8. The van der Waals surface area contributed by atoms with E-state index in [0.29, 0.717) is 35.7 Å². The molecular weight excluding hydrogens is 265 g/mol. The normalized spacial score (nSPS) is 23.3. The van der Waals surface area contributed by atoms with Crippen molar-refractivity contribution < 1.29 is 9.13 Å². The summed E-state index contributed by atoms with van der Waals surface area (Å²) in [5.74, 6) is 1.53. The molecular formula is C15H21ClFNO. The summed E-state index contributed by atoms with van der Waals surface area (Å²) >= 11 is 6.00. The summed E-state index contributed by atoms with van der Waals surface area (Å²) in [6, 6.07) is 5.41. The van der Waals surface area contributed by atoms with Crippen molar-refractivity contribution in [3.05, 3.63) is 29.6 Å². The zero-order valence-electron chi connectivity index (χ0n) is 11.3. The lowest BCUT2D eigenvalue weighted by Gasteiger charge is -2.31. The van der Waals surface area contributed by atoms with Crippen LogP contribution in [0, 0.1) is 11.7 Å². The number of alkyl halides is 1. The molecule has 19 heavy (non-hydrogen) atoms. The van der Waals surface area contributed by atoms with E-state index < -0.39 is 0 Å². The highest BCUT2D eigenvalue weighted by Gasteiger charge is 2.23. The molecule has 0 aliphatic heterocycles. The van der Waals surface area contributed by atoms with Crippen LogP contribution in [0.5, 0.6) is 5.75 Å². The SMILES string of the molecule is COc1ccc(CNC2CCCCC2CCl)c(F)c1. The number of ether oxygens (including phenoxy) is 1. The van der Waals surface area contributed by atoms with E-state index in [2.05, 4.69) is 5.32 Å². The molecule has 0 spiro atoms. The van der Waals surface area contributed by atoms with Crippen LogP contribution in [0.4, 0.5) is 4.39 Å². The molecule has 1 N–H and O–H groups in total. The van der Waals surface area contributed by atoms with Gasteiger partial charge in [-0.2, -0.15) is 0 Å². The molecule has 4 heteroatoms. The Morgan fingerprint density at radius 3 is 2.84 bits per heavy atom. The molecule has 2 unspecified atom stereocenters. The molecule has 0 amide bonds. The molecule has 2 rings (SSSR count). The van der Waals surface area contributed by atoms with E-state index >= 15 is 0 Å². The third-order valence-corrected chi connectivity index (χ3v) is 4.32. The van der Waals surface area contributed by atoms with Gasteiger partial charge in [0.25, 0.3) is 0 Å². The van der Waals surface area contributed by atoms with Gasteiger partial charge in [-0.05, 0) is 24.8 Å². The van der Waals surface area contributed by atoms with Crippen molar-refractivity contribution >= 4 is 11.6 Å². The average molecular weight is 286 g/mol. The second-order valence-electron chi connectivity index (χ2n) is 5.14. The molecule has 0 radical (unpaired) electrons. The number of halogens is 2. The van der Waals surface area contributed by atoms with Crippen LogP contribution in [-0.2, 0) is 6.54 Å². The van der Waals surface area contributed by atoms with E-state index in [-0.39, 0.29) is 5.82 Å². The minimum absolute atomic E-state index is 0.218. The van der Waals surface area contributed by atoms with Gasteiger partial charge in [0.05, 0.1) is 7.11 Å². The Labute approximate surface area is 119 Å². The van der Waals surface area contributed by atoms with Gasteiger partial charge in [0.15, 0.2) is 0 Å². The molecule has 106 valence electrons. The largest absolute Gasteiger partial charge is 0.497 e. The summed E-state index contributed by atoms with van der Waals surface area (Å²) in [5, 5.41) is 3.45. The third-order valence-electron chi connectivity index (χ3n) is 3.92. The van der Waals surface area contributed by atoms with E-state index in [9.17, 15) is 4.39 Å². The van der Waals surface area contributed by atoms with Crippen LogP contribution < -0.4 is 10.1 Å². The van der Waals surface area contributed by atoms with Crippen molar-refractivity contribution in [2.45, 2.75) is 38.3 Å². The Kier molecular flexibility index (Phi) is 5.46. The fourth-order valence-electron chi connectivity index (χ4n) is 2.70. The van der Waals surface area contributed by atoms with Gasteiger partial charge in [-0.1, -0.05) is 18.9 Å². The van der Waals surface area contributed by atoms with Crippen molar-refractivity contribution in [3.8, 4) is 5.75 Å². The van der Waals surface area contributed by atoms with Crippen LogP contribution in [0.3, 0.4) is 0 Å². The monoisotopic (exact) mass is 285 g/mol. The minimum Gasteiger partial charge on any atom is -0.497 e. The maximum absolute atomic E-state index is 13.8. The Hall–Kier alpha value is -0.800. The second kappa shape index (κ2) is 7.11. The van der Waals surface area contributed by atoms with Crippen LogP contribution in [0.25, 0.3) is 0 Å². The molecule has 0 aromatic heterocycles. The molecule has 2 atom stereocenters. The second-order valence-corrected chi connectivity index (χ2v) is 5.45. The van der Waals surface area contributed by atoms with Crippen LogP contribution in [-0.4, -0.2) is 19.0 Å². The number of nitrogens with one attached hydrogen (secondary N) is 1. The number of methoxy groups -OCH3 is 1. The molecule has 1 aliphatic rings. The Morgan fingerprint density at radius 1 is 1.37 bits per heavy atom. The Bertz CT molecular complexity index is 413. The van der Waals surface area contributed by atoms with E-state index in [1.165, 1.54) is 25.3 Å². The highest BCUT2D eigenvalue weighted by atomic mass is 35.5. The zero-order valence-corrected chi connectivity index (χ0v) is 12.0. The van der Waals surface area contributed by atoms with E-state index in [1.54, 1.807) is 19.2 Å². The minimum atomic E-state index is -0.218. The van der Waals surface area contributed by atoms with Crippen LogP contribution in [0.1, 0.15) is 31.2 Å². The fraction of sp³-hybridized carbons (Fsp3) is 0.600. The number of rotatable bonds is 5. The Morgan fingerprint density at radius 2 is 2.16 bits per heavy atom. The highest BCUT2D eigenvalue weighted by molar-refractivity contribution is 6.18. The van der Waals surface area contributed by atoms with Crippen molar-refractivity contribution in [2.75, 3.05) is 13.0 Å². The first-order valence-corrected chi connectivity index (χ1v) is 7.40. The van der Waals surface area contributed by atoms with Gasteiger partial charge in [0, 0.05) is 30.1 Å². The van der Waals surface area contributed by atoms with E-state index in [4.69, 9.17) is 16.3 Å². The van der Waals surface area contributed by atoms with Crippen LogP contribution >= 0.6 is 11.6 Å². The predicted octanol–water partition coefficient (Wildman–Crippen LogP) is 3.72. The first-order chi connectivity index (χ1) is 9.24. The quantitative estimate of drug-likeness (QED) is 0.833. The summed E-state index contributed by atoms with van der Waals surface area (Å²) in [7, 11) is 1.54. The van der Waals surface area contributed by atoms with Gasteiger partial charge < -0.3 is 10.1 Å². The van der Waals surface area contributed by atoms with Crippen LogP contribution in [0.15, 0.2) is 18.2 Å². The van der Waals surface area contributed by atoms with Crippen molar-refractivity contribution in [1.82, 2.24) is 5.32 Å². The number of hydrogen-bond donors (Lipinski definition) is 1. The molecule has 0 heterocycles.